The van der Waals surface area contributed by atoms with Crippen molar-refractivity contribution in [1.82, 2.24) is 0 Å². The van der Waals surface area contributed by atoms with Crippen LogP contribution in [-0.4, -0.2) is 21.9 Å². The predicted octanol–water partition coefficient (Wildman–Crippen LogP) is 1.25. The Kier molecular flexibility index (Phi) is 2.70. The van der Waals surface area contributed by atoms with Crippen LogP contribution in [0.5, 0.6) is 0 Å². The van der Waals surface area contributed by atoms with Crippen molar-refractivity contribution in [2.24, 2.45) is 5.92 Å². The second-order valence-corrected chi connectivity index (χ2v) is 3.42. The van der Waals surface area contributed by atoms with Gasteiger partial charge >= 0.3 is 0 Å². The molecule has 3 unspecified atom stereocenters. The molecule has 0 bridgehead atoms. The quantitative estimate of drug-likeness (QED) is 0.623. The second-order valence-electron chi connectivity index (χ2n) is 3.42. The smallest absolute Gasteiger partial charge is 0.0880 e. The third-order valence-corrected chi connectivity index (χ3v) is 2.74. The highest BCUT2D eigenvalue weighted by atomic mass is 16.3. The molecule has 0 spiro atoms. The maximum absolute atomic E-state index is 9.94. The molecule has 1 aliphatic rings. The minimum atomic E-state index is -0.881. The summed E-state index contributed by atoms with van der Waals surface area (Å²) in [7, 11) is 0. The van der Waals surface area contributed by atoms with Gasteiger partial charge in [0.05, 0.1) is 11.7 Å². The first-order valence-electron chi connectivity index (χ1n) is 4.30. The molecule has 1 aliphatic carbocycles. The van der Waals surface area contributed by atoms with Gasteiger partial charge in [-0.15, -0.1) is 13.2 Å². The van der Waals surface area contributed by atoms with Crippen LogP contribution in [0.2, 0.25) is 0 Å². The summed E-state index contributed by atoms with van der Waals surface area (Å²) in [4.78, 5) is 0. The van der Waals surface area contributed by atoms with Gasteiger partial charge < -0.3 is 10.2 Å². The molecule has 1 fully saturated rings. The molecule has 0 saturated heterocycles. The molecule has 12 heavy (non-hydrogen) atoms. The Labute approximate surface area is 73.2 Å². The van der Waals surface area contributed by atoms with Crippen molar-refractivity contribution in [3.8, 4) is 0 Å². The third kappa shape index (κ3) is 1.45. The standard InChI is InChI=1S/C10H16O2/c1-3-9(11)8-6-5-7-10(8,12)4-2/h3-4,8-9,11-12H,1-2,5-7H2. The summed E-state index contributed by atoms with van der Waals surface area (Å²) in [6.45, 7) is 7.10. The third-order valence-electron chi connectivity index (χ3n) is 2.74. The van der Waals surface area contributed by atoms with Crippen molar-refractivity contribution in [3.63, 3.8) is 0 Å². The molecule has 0 aromatic rings. The Morgan fingerprint density at radius 1 is 1.50 bits per heavy atom. The lowest BCUT2D eigenvalue weighted by molar-refractivity contribution is 0.000116. The summed E-state index contributed by atoms with van der Waals surface area (Å²) in [6, 6.07) is 0. The molecular formula is C10H16O2. The van der Waals surface area contributed by atoms with Gasteiger partial charge in [-0.3, -0.25) is 0 Å². The largest absolute Gasteiger partial charge is 0.389 e. The molecule has 2 heteroatoms. The highest BCUT2D eigenvalue weighted by molar-refractivity contribution is 5.08. The Bertz CT molecular complexity index is 188. The fourth-order valence-electron chi connectivity index (χ4n) is 1.92. The van der Waals surface area contributed by atoms with Crippen LogP contribution in [0.4, 0.5) is 0 Å². The van der Waals surface area contributed by atoms with Crippen molar-refractivity contribution in [2.45, 2.75) is 31.0 Å². The maximum Gasteiger partial charge on any atom is 0.0880 e. The van der Waals surface area contributed by atoms with E-state index in [9.17, 15) is 10.2 Å². The normalized spacial score (nSPS) is 37.7. The van der Waals surface area contributed by atoms with E-state index >= 15 is 0 Å². The zero-order valence-electron chi connectivity index (χ0n) is 7.24. The van der Waals surface area contributed by atoms with Gasteiger partial charge in [0, 0.05) is 5.92 Å². The SMILES string of the molecule is C=CC(O)C1CCCC1(O)C=C. The van der Waals surface area contributed by atoms with E-state index in [2.05, 4.69) is 13.2 Å². The number of hydrogen-bond acceptors (Lipinski definition) is 2. The van der Waals surface area contributed by atoms with Crippen LogP contribution >= 0.6 is 0 Å². The van der Waals surface area contributed by atoms with E-state index in [4.69, 9.17) is 0 Å². The predicted molar refractivity (Wildman–Crippen MR) is 48.7 cm³/mol. The van der Waals surface area contributed by atoms with Gasteiger partial charge in [-0.05, 0) is 19.3 Å². The van der Waals surface area contributed by atoms with E-state index < -0.39 is 11.7 Å². The molecule has 3 atom stereocenters. The second kappa shape index (κ2) is 3.42. The van der Waals surface area contributed by atoms with Crippen LogP contribution < -0.4 is 0 Å². The Balaban J connectivity index is 2.75. The summed E-state index contributed by atoms with van der Waals surface area (Å²) in [5.41, 5.74) is -0.881. The van der Waals surface area contributed by atoms with Gasteiger partial charge in [0.2, 0.25) is 0 Å². The summed E-state index contributed by atoms with van der Waals surface area (Å²) in [6.07, 6.45) is 4.89. The minimum Gasteiger partial charge on any atom is -0.389 e. The number of rotatable bonds is 3. The molecule has 0 aromatic heterocycles. The first-order chi connectivity index (χ1) is 5.64. The average Bonchev–Trinajstić information content (AvgIpc) is 2.47. The van der Waals surface area contributed by atoms with Crippen molar-refractivity contribution in [2.75, 3.05) is 0 Å². The van der Waals surface area contributed by atoms with Gasteiger partial charge in [0.25, 0.3) is 0 Å². The molecule has 1 rings (SSSR count). The molecular weight excluding hydrogens is 152 g/mol. The van der Waals surface area contributed by atoms with E-state index in [1.807, 2.05) is 0 Å². The first-order valence-corrected chi connectivity index (χ1v) is 4.30. The van der Waals surface area contributed by atoms with Crippen LogP contribution in [0.15, 0.2) is 25.3 Å². The summed E-state index contributed by atoms with van der Waals surface area (Å²) < 4.78 is 0. The Hall–Kier alpha value is -0.600. The van der Waals surface area contributed by atoms with Crippen LogP contribution in [0.3, 0.4) is 0 Å². The number of hydrogen-bond donors (Lipinski definition) is 2. The van der Waals surface area contributed by atoms with E-state index in [0.29, 0.717) is 6.42 Å². The van der Waals surface area contributed by atoms with Crippen LogP contribution in [0.25, 0.3) is 0 Å². The highest BCUT2D eigenvalue weighted by Crippen LogP contribution is 2.38. The lowest BCUT2D eigenvalue weighted by Gasteiger charge is -2.28. The van der Waals surface area contributed by atoms with E-state index in [1.54, 1.807) is 0 Å². The fraction of sp³-hybridized carbons (Fsp3) is 0.600. The zero-order chi connectivity index (χ0) is 9.19. The molecule has 0 amide bonds. The molecule has 2 N–H and O–H groups in total. The average molecular weight is 168 g/mol. The van der Waals surface area contributed by atoms with Crippen molar-refractivity contribution < 1.29 is 10.2 Å². The maximum atomic E-state index is 9.94. The van der Waals surface area contributed by atoms with Gasteiger partial charge in [0.15, 0.2) is 0 Å². The Morgan fingerprint density at radius 2 is 2.17 bits per heavy atom. The lowest BCUT2D eigenvalue weighted by atomic mass is 9.86. The molecule has 1 saturated carbocycles. The van der Waals surface area contributed by atoms with Gasteiger partial charge in [-0.1, -0.05) is 12.2 Å². The van der Waals surface area contributed by atoms with E-state index in [0.717, 1.165) is 12.8 Å². The highest BCUT2D eigenvalue weighted by Gasteiger charge is 2.41. The molecule has 0 aliphatic heterocycles. The van der Waals surface area contributed by atoms with Crippen LogP contribution in [0, 0.1) is 5.92 Å². The number of aliphatic hydroxyl groups excluding tert-OH is 1. The van der Waals surface area contributed by atoms with Crippen LogP contribution in [-0.2, 0) is 0 Å². The Morgan fingerprint density at radius 3 is 2.67 bits per heavy atom. The monoisotopic (exact) mass is 168 g/mol. The van der Waals surface area contributed by atoms with Gasteiger partial charge in [-0.2, -0.15) is 0 Å². The van der Waals surface area contributed by atoms with Crippen molar-refractivity contribution in [3.05, 3.63) is 25.3 Å². The van der Waals surface area contributed by atoms with Gasteiger partial charge in [-0.25, -0.2) is 0 Å². The topological polar surface area (TPSA) is 40.5 Å². The van der Waals surface area contributed by atoms with Gasteiger partial charge in [0.1, 0.15) is 0 Å². The fourth-order valence-corrected chi connectivity index (χ4v) is 1.92. The molecule has 0 radical (unpaired) electrons. The minimum absolute atomic E-state index is 0.118. The van der Waals surface area contributed by atoms with Crippen molar-refractivity contribution in [1.29, 1.82) is 0 Å². The number of aliphatic hydroxyl groups is 2. The first kappa shape index (κ1) is 9.49. The molecule has 0 aromatic carbocycles. The lowest BCUT2D eigenvalue weighted by Crippen LogP contribution is -2.37. The van der Waals surface area contributed by atoms with Crippen LogP contribution in [0.1, 0.15) is 19.3 Å². The summed E-state index contributed by atoms with van der Waals surface area (Å²) in [5.74, 6) is -0.118. The van der Waals surface area contributed by atoms with E-state index in [1.165, 1.54) is 12.2 Å². The van der Waals surface area contributed by atoms with E-state index in [-0.39, 0.29) is 5.92 Å². The van der Waals surface area contributed by atoms with Crippen molar-refractivity contribution >= 4 is 0 Å². The molecule has 0 heterocycles. The summed E-state index contributed by atoms with van der Waals surface area (Å²) in [5, 5.41) is 19.4. The molecule has 68 valence electrons. The summed E-state index contributed by atoms with van der Waals surface area (Å²) >= 11 is 0. The zero-order valence-corrected chi connectivity index (χ0v) is 7.24. The molecule has 2 nitrogen and oxygen atoms in total.